The van der Waals surface area contributed by atoms with Gasteiger partial charge < -0.3 is 5.32 Å². The number of benzene rings is 2. The average molecular weight is 413 g/mol. The third kappa shape index (κ3) is 4.22. The lowest BCUT2D eigenvalue weighted by Gasteiger charge is -2.15. The molecule has 0 unspecified atom stereocenters. The Kier molecular flexibility index (Phi) is 5.85. The molecule has 4 rings (SSSR count). The first-order valence-corrected chi connectivity index (χ1v) is 10.7. The largest absolute Gasteiger partial charge is 0.350 e. The van der Waals surface area contributed by atoms with Crippen LogP contribution >= 0.6 is 0 Å². The van der Waals surface area contributed by atoms with Crippen LogP contribution < -0.4 is 5.32 Å². The van der Waals surface area contributed by atoms with Gasteiger partial charge in [-0.3, -0.25) is 4.79 Å². The van der Waals surface area contributed by atoms with E-state index in [2.05, 4.69) is 12.2 Å². The highest BCUT2D eigenvalue weighted by Crippen LogP contribution is 2.28. The van der Waals surface area contributed by atoms with Gasteiger partial charge in [0.15, 0.2) is 5.65 Å². The Morgan fingerprint density at radius 3 is 2.29 bits per heavy atom. The molecule has 31 heavy (non-hydrogen) atoms. The van der Waals surface area contributed by atoms with Gasteiger partial charge in [-0.25, -0.2) is 9.67 Å². The molecule has 0 bridgehead atoms. The minimum Gasteiger partial charge on any atom is -0.350 e. The van der Waals surface area contributed by atoms with Crippen molar-refractivity contribution in [2.75, 3.05) is 0 Å². The van der Waals surface area contributed by atoms with E-state index in [1.165, 1.54) is 0 Å². The number of hydrogen-bond acceptors (Lipinski definition) is 3. The number of para-hydroxylation sites is 1. The zero-order chi connectivity index (χ0) is 22.0. The van der Waals surface area contributed by atoms with Crippen LogP contribution in [0.4, 0.5) is 0 Å². The Hall–Kier alpha value is -3.47. The van der Waals surface area contributed by atoms with Gasteiger partial charge >= 0.3 is 0 Å². The zero-order valence-corrected chi connectivity index (χ0v) is 18.5. The Labute approximate surface area is 183 Å². The number of nitrogens with one attached hydrogen (secondary N) is 1. The Balaban J connectivity index is 1.56. The molecule has 2 aromatic carbocycles. The molecular formula is C26H28N4O. The number of carbonyl (C=O) groups excluding carboxylic acids is 1. The molecule has 0 aliphatic carbocycles. The fourth-order valence-electron chi connectivity index (χ4n) is 4.20. The van der Waals surface area contributed by atoms with Crippen LogP contribution in [0.1, 0.15) is 47.5 Å². The summed E-state index contributed by atoms with van der Waals surface area (Å²) in [4.78, 5) is 17.5. The van der Waals surface area contributed by atoms with Crippen LogP contribution in [0.5, 0.6) is 0 Å². The summed E-state index contributed by atoms with van der Waals surface area (Å²) in [5.41, 5.74) is 7.16. The van der Waals surface area contributed by atoms with Crippen molar-refractivity contribution in [1.29, 1.82) is 0 Å². The van der Waals surface area contributed by atoms with Crippen LogP contribution in [0.2, 0.25) is 0 Å². The first-order valence-electron chi connectivity index (χ1n) is 10.7. The maximum absolute atomic E-state index is 12.6. The molecule has 0 spiro atoms. The van der Waals surface area contributed by atoms with Crippen molar-refractivity contribution in [2.24, 2.45) is 0 Å². The van der Waals surface area contributed by atoms with E-state index in [1.807, 2.05) is 86.1 Å². The predicted molar refractivity (Wildman–Crippen MR) is 124 cm³/mol. The number of pyridine rings is 1. The highest BCUT2D eigenvalue weighted by atomic mass is 16.1. The molecular weight excluding hydrogens is 384 g/mol. The number of fused-ring (bicyclic) bond motifs is 1. The van der Waals surface area contributed by atoms with Crippen molar-refractivity contribution < 1.29 is 4.79 Å². The lowest BCUT2D eigenvalue weighted by atomic mass is 9.99. The second kappa shape index (κ2) is 8.72. The topological polar surface area (TPSA) is 59.8 Å². The third-order valence-electron chi connectivity index (χ3n) is 5.85. The van der Waals surface area contributed by atoms with E-state index in [4.69, 9.17) is 10.1 Å². The van der Waals surface area contributed by atoms with E-state index in [0.29, 0.717) is 12.8 Å². The molecule has 0 fully saturated rings. The van der Waals surface area contributed by atoms with Gasteiger partial charge in [-0.05, 0) is 62.9 Å². The van der Waals surface area contributed by atoms with Gasteiger partial charge in [-0.15, -0.1) is 0 Å². The quantitative estimate of drug-likeness (QED) is 0.476. The molecule has 0 aliphatic rings. The van der Waals surface area contributed by atoms with Gasteiger partial charge in [0.05, 0.1) is 17.4 Å². The van der Waals surface area contributed by atoms with Crippen LogP contribution in [0.25, 0.3) is 16.7 Å². The molecule has 2 heterocycles. The average Bonchev–Trinajstić information content (AvgIpc) is 3.11. The number of hydrogen-bond donors (Lipinski definition) is 1. The van der Waals surface area contributed by atoms with E-state index in [-0.39, 0.29) is 11.9 Å². The second-order valence-corrected chi connectivity index (χ2v) is 8.03. The summed E-state index contributed by atoms with van der Waals surface area (Å²) in [6.07, 6.45) is 1.09. The molecule has 5 nitrogen and oxygen atoms in total. The molecule has 5 heteroatoms. The zero-order valence-electron chi connectivity index (χ0n) is 18.5. The number of nitrogens with zero attached hydrogens (tertiary/aromatic N) is 3. The molecule has 0 radical (unpaired) electrons. The molecule has 0 saturated heterocycles. The summed E-state index contributed by atoms with van der Waals surface area (Å²) in [5.74, 6) is 0.0481. The fraction of sp³-hybridized carbons (Fsp3) is 0.269. The Bertz CT molecular complexity index is 1210. The molecule has 1 amide bonds. The number of aromatic nitrogens is 3. The smallest absolute Gasteiger partial charge is 0.220 e. The highest BCUT2D eigenvalue weighted by molar-refractivity contribution is 5.85. The minimum atomic E-state index is -0.0113. The fourth-order valence-corrected chi connectivity index (χ4v) is 4.20. The number of aryl methyl sites for hydroxylation is 3. The summed E-state index contributed by atoms with van der Waals surface area (Å²) in [5, 5.41) is 8.92. The van der Waals surface area contributed by atoms with Crippen LogP contribution in [0.15, 0.2) is 60.7 Å². The maximum Gasteiger partial charge on any atom is 0.220 e. The summed E-state index contributed by atoms with van der Waals surface area (Å²) >= 11 is 0. The van der Waals surface area contributed by atoms with Crippen LogP contribution in [0.3, 0.4) is 0 Å². The number of carbonyl (C=O) groups is 1. The summed E-state index contributed by atoms with van der Waals surface area (Å²) in [6.45, 7) is 8.16. The van der Waals surface area contributed by atoms with Gasteiger partial charge in [0.25, 0.3) is 0 Å². The minimum absolute atomic E-state index is 0.0113. The van der Waals surface area contributed by atoms with Crippen molar-refractivity contribution >= 4 is 16.9 Å². The van der Waals surface area contributed by atoms with Gasteiger partial charge in [-0.2, -0.15) is 5.10 Å². The number of amides is 1. The standard InChI is InChI=1S/C26H28N4O/c1-17-23(15-16-24(31)27-18(2)21-11-7-5-8-12-21)19(3)28-26-25(17)20(4)29-30(26)22-13-9-6-10-14-22/h5-14,18H,15-16H2,1-4H3,(H,27,31)/t18-/m0/s1. The van der Waals surface area contributed by atoms with Crippen molar-refractivity contribution in [2.45, 2.75) is 46.6 Å². The van der Waals surface area contributed by atoms with Crippen LogP contribution in [-0.4, -0.2) is 20.7 Å². The van der Waals surface area contributed by atoms with Gasteiger partial charge in [0.2, 0.25) is 5.91 Å². The second-order valence-electron chi connectivity index (χ2n) is 8.03. The highest BCUT2D eigenvalue weighted by Gasteiger charge is 2.18. The van der Waals surface area contributed by atoms with Crippen molar-refractivity contribution in [3.63, 3.8) is 0 Å². The van der Waals surface area contributed by atoms with E-state index in [0.717, 1.165) is 44.8 Å². The summed E-state index contributed by atoms with van der Waals surface area (Å²) in [6, 6.07) is 20.1. The van der Waals surface area contributed by atoms with E-state index < -0.39 is 0 Å². The summed E-state index contributed by atoms with van der Waals surface area (Å²) < 4.78 is 1.91. The third-order valence-corrected chi connectivity index (χ3v) is 5.85. The van der Waals surface area contributed by atoms with Crippen molar-refractivity contribution in [3.05, 3.63) is 88.7 Å². The Morgan fingerprint density at radius 2 is 1.61 bits per heavy atom. The molecule has 0 aliphatic heterocycles. The SMILES string of the molecule is Cc1nc2c(c(C)nn2-c2ccccc2)c(C)c1CCC(=O)N[C@@H](C)c1ccccc1. The molecule has 0 saturated carbocycles. The lowest BCUT2D eigenvalue weighted by molar-refractivity contribution is -0.121. The molecule has 4 aromatic rings. The first kappa shape index (κ1) is 20.8. The van der Waals surface area contributed by atoms with Crippen molar-refractivity contribution in [1.82, 2.24) is 20.1 Å². The molecule has 1 atom stereocenters. The normalized spacial score (nSPS) is 12.1. The predicted octanol–water partition coefficient (Wildman–Crippen LogP) is 5.16. The Morgan fingerprint density at radius 1 is 0.968 bits per heavy atom. The summed E-state index contributed by atoms with van der Waals surface area (Å²) in [7, 11) is 0. The van der Waals surface area contributed by atoms with Crippen LogP contribution in [-0.2, 0) is 11.2 Å². The van der Waals surface area contributed by atoms with Crippen molar-refractivity contribution in [3.8, 4) is 5.69 Å². The molecule has 1 N–H and O–H groups in total. The van der Waals surface area contributed by atoms with Gasteiger partial charge in [0, 0.05) is 17.5 Å². The first-order chi connectivity index (χ1) is 15.0. The van der Waals surface area contributed by atoms with Gasteiger partial charge in [-0.1, -0.05) is 48.5 Å². The molecule has 158 valence electrons. The molecule has 2 aromatic heterocycles. The van der Waals surface area contributed by atoms with Crippen LogP contribution in [0, 0.1) is 20.8 Å². The lowest BCUT2D eigenvalue weighted by Crippen LogP contribution is -2.27. The monoisotopic (exact) mass is 412 g/mol. The van der Waals surface area contributed by atoms with E-state index in [9.17, 15) is 4.79 Å². The van der Waals surface area contributed by atoms with Gasteiger partial charge in [0.1, 0.15) is 0 Å². The van der Waals surface area contributed by atoms with E-state index >= 15 is 0 Å². The maximum atomic E-state index is 12.6. The number of rotatable bonds is 6. The van der Waals surface area contributed by atoms with E-state index in [1.54, 1.807) is 0 Å².